The van der Waals surface area contributed by atoms with Gasteiger partial charge < -0.3 is 15.5 Å². The number of amides is 1. The molecule has 3 rings (SSSR count). The molecule has 1 aromatic heterocycles. The lowest BCUT2D eigenvalue weighted by Crippen LogP contribution is -2.14. The maximum absolute atomic E-state index is 12.4. The van der Waals surface area contributed by atoms with Gasteiger partial charge in [-0.2, -0.15) is 0 Å². The average molecular weight is 347 g/mol. The van der Waals surface area contributed by atoms with Crippen LogP contribution in [-0.2, 0) is 0 Å². The van der Waals surface area contributed by atoms with Gasteiger partial charge in [0.2, 0.25) is 0 Å². The first-order valence-electron chi connectivity index (χ1n) is 8.26. The van der Waals surface area contributed by atoms with E-state index in [0.29, 0.717) is 5.56 Å². The minimum atomic E-state index is -0.138. The van der Waals surface area contributed by atoms with E-state index in [1.54, 1.807) is 6.07 Å². The number of rotatable bonds is 5. The van der Waals surface area contributed by atoms with Crippen LogP contribution in [0.4, 0.5) is 22.9 Å². The predicted octanol–water partition coefficient (Wildman–Crippen LogP) is 3.85. The van der Waals surface area contributed by atoms with Crippen molar-refractivity contribution in [2.24, 2.45) is 0 Å². The molecule has 0 saturated carbocycles. The van der Waals surface area contributed by atoms with Crippen LogP contribution in [0.5, 0.6) is 0 Å². The van der Waals surface area contributed by atoms with Crippen LogP contribution >= 0.6 is 0 Å². The number of carbonyl (C=O) groups is 1. The highest BCUT2D eigenvalue weighted by atomic mass is 16.1. The molecular formula is C20H21N5O. The molecule has 0 unspecified atom stereocenters. The fourth-order valence-electron chi connectivity index (χ4n) is 2.44. The van der Waals surface area contributed by atoms with Crippen LogP contribution in [0.25, 0.3) is 0 Å². The quantitative estimate of drug-likeness (QED) is 0.734. The lowest BCUT2D eigenvalue weighted by Gasteiger charge is -2.13. The molecule has 26 heavy (non-hydrogen) atoms. The van der Waals surface area contributed by atoms with Crippen LogP contribution < -0.4 is 15.5 Å². The first-order chi connectivity index (χ1) is 12.5. The van der Waals surface area contributed by atoms with E-state index in [9.17, 15) is 4.79 Å². The van der Waals surface area contributed by atoms with E-state index in [1.165, 1.54) is 6.33 Å². The number of benzene rings is 2. The van der Waals surface area contributed by atoms with Gasteiger partial charge in [-0.15, -0.1) is 0 Å². The molecule has 0 radical (unpaired) electrons. The summed E-state index contributed by atoms with van der Waals surface area (Å²) in [6.45, 7) is 1.91. The molecule has 2 aromatic carbocycles. The lowest BCUT2D eigenvalue weighted by atomic mass is 10.1. The van der Waals surface area contributed by atoms with Crippen molar-refractivity contribution >= 4 is 28.8 Å². The third kappa shape index (κ3) is 4.36. The van der Waals surface area contributed by atoms with Crippen molar-refractivity contribution in [1.29, 1.82) is 0 Å². The second-order valence-electron chi connectivity index (χ2n) is 6.15. The summed E-state index contributed by atoms with van der Waals surface area (Å²) in [7, 11) is 3.89. The molecule has 132 valence electrons. The molecule has 2 N–H and O–H groups in total. The summed E-state index contributed by atoms with van der Waals surface area (Å²) in [5, 5.41) is 6.12. The molecule has 3 aromatic rings. The summed E-state index contributed by atoms with van der Waals surface area (Å²) in [5.41, 5.74) is 4.11. The molecule has 0 fully saturated rings. The van der Waals surface area contributed by atoms with Crippen LogP contribution in [-0.4, -0.2) is 30.0 Å². The van der Waals surface area contributed by atoms with Crippen LogP contribution in [0.2, 0.25) is 0 Å². The smallest absolute Gasteiger partial charge is 0.255 e. The van der Waals surface area contributed by atoms with E-state index in [4.69, 9.17) is 0 Å². The number of nitrogens with zero attached hydrogens (tertiary/aromatic N) is 3. The minimum absolute atomic E-state index is 0.138. The Balaban J connectivity index is 1.67. The summed E-state index contributed by atoms with van der Waals surface area (Å²) in [5.74, 6) is 0.593. The fraction of sp³-hybridized carbons (Fsp3) is 0.150. The molecular weight excluding hydrogens is 326 g/mol. The monoisotopic (exact) mass is 347 g/mol. The van der Waals surface area contributed by atoms with Gasteiger partial charge in [0.1, 0.15) is 12.1 Å². The second kappa shape index (κ2) is 7.65. The Kier molecular flexibility index (Phi) is 5.12. The Morgan fingerprint density at radius 1 is 0.962 bits per heavy atom. The highest BCUT2D eigenvalue weighted by molar-refractivity contribution is 6.04. The van der Waals surface area contributed by atoms with Gasteiger partial charge >= 0.3 is 0 Å². The van der Waals surface area contributed by atoms with Crippen LogP contribution in [0.3, 0.4) is 0 Å². The van der Waals surface area contributed by atoms with E-state index in [1.807, 2.05) is 74.4 Å². The maximum atomic E-state index is 12.4. The van der Waals surface area contributed by atoms with E-state index >= 15 is 0 Å². The molecule has 0 atom stereocenters. The standard InChI is InChI=1S/C20H21N5O/c1-14-11-19(22-13-21-14)23-16-7-9-17(10-8-16)24-20(26)15-5-4-6-18(12-15)25(2)3/h4-13H,1-3H3,(H,24,26)(H,21,22,23). The van der Waals surface area contributed by atoms with Gasteiger partial charge in [0.15, 0.2) is 0 Å². The van der Waals surface area contributed by atoms with E-state index in [2.05, 4.69) is 20.6 Å². The molecule has 0 saturated heterocycles. The number of aromatic nitrogens is 2. The van der Waals surface area contributed by atoms with Gasteiger partial charge in [-0.05, 0) is 49.4 Å². The van der Waals surface area contributed by atoms with E-state index in [0.717, 1.165) is 28.6 Å². The third-order valence-corrected chi connectivity index (χ3v) is 3.84. The normalized spacial score (nSPS) is 10.3. The van der Waals surface area contributed by atoms with Crippen molar-refractivity contribution in [3.05, 3.63) is 72.2 Å². The van der Waals surface area contributed by atoms with Gasteiger partial charge in [-0.1, -0.05) is 6.07 Å². The van der Waals surface area contributed by atoms with Crippen LogP contribution in [0, 0.1) is 6.92 Å². The lowest BCUT2D eigenvalue weighted by molar-refractivity contribution is 0.102. The summed E-state index contributed by atoms with van der Waals surface area (Å²) >= 11 is 0. The minimum Gasteiger partial charge on any atom is -0.378 e. The summed E-state index contributed by atoms with van der Waals surface area (Å²) < 4.78 is 0. The highest BCUT2D eigenvalue weighted by Crippen LogP contribution is 2.19. The summed E-state index contributed by atoms with van der Waals surface area (Å²) in [4.78, 5) is 22.6. The molecule has 0 aliphatic carbocycles. The van der Waals surface area contributed by atoms with Crippen molar-refractivity contribution in [2.45, 2.75) is 6.92 Å². The Bertz CT molecular complexity index is 906. The van der Waals surface area contributed by atoms with Crippen molar-refractivity contribution in [2.75, 3.05) is 29.6 Å². The first-order valence-corrected chi connectivity index (χ1v) is 8.26. The maximum Gasteiger partial charge on any atom is 0.255 e. The van der Waals surface area contributed by atoms with Crippen molar-refractivity contribution in [3.63, 3.8) is 0 Å². The van der Waals surface area contributed by atoms with Crippen molar-refractivity contribution < 1.29 is 4.79 Å². The molecule has 1 amide bonds. The zero-order valence-corrected chi connectivity index (χ0v) is 15.0. The number of anilines is 4. The largest absolute Gasteiger partial charge is 0.378 e. The van der Waals surface area contributed by atoms with Crippen LogP contribution in [0.15, 0.2) is 60.9 Å². The third-order valence-electron chi connectivity index (χ3n) is 3.84. The van der Waals surface area contributed by atoms with Gasteiger partial charge in [0.25, 0.3) is 5.91 Å². The Morgan fingerprint density at radius 3 is 2.38 bits per heavy atom. The Hall–Kier alpha value is -3.41. The highest BCUT2D eigenvalue weighted by Gasteiger charge is 2.08. The van der Waals surface area contributed by atoms with E-state index < -0.39 is 0 Å². The summed E-state index contributed by atoms with van der Waals surface area (Å²) in [6, 6.07) is 16.9. The predicted molar refractivity (Wildman–Crippen MR) is 105 cm³/mol. The van der Waals surface area contributed by atoms with E-state index in [-0.39, 0.29) is 5.91 Å². The topological polar surface area (TPSA) is 70.2 Å². The number of carbonyl (C=O) groups excluding carboxylic acids is 1. The first kappa shape index (κ1) is 17.4. The van der Waals surface area contributed by atoms with Crippen molar-refractivity contribution in [3.8, 4) is 0 Å². The molecule has 6 heteroatoms. The molecule has 0 aliphatic heterocycles. The van der Waals surface area contributed by atoms with Gasteiger partial charge in [0.05, 0.1) is 0 Å². The zero-order chi connectivity index (χ0) is 18.5. The second-order valence-corrected chi connectivity index (χ2v) is 6.15. The Morgan fingerprint density at radius 2 is 1.69 bits per heavy atom. The molecule has 6 nitrogen and oxygen atoms in total. The Labute approximate surface area is 152 Å². The number of hydrogen-bond donors (Lipinski definition) is 2. The van der Waals surface area contributed by atoms with Crippen LogP contribution in [0.1, 0.15) is 16.1 Å². The van der Waals surface area contributed by atoms with Gasteiger partial charge in [-0.3, -0.25) is 4.79 Å². The molecule has 0 spiro atoms. The van der Waals surface area contributed by atoms with Gasteiger partial charge in [-0.25, -0.2) is 9.97 Å². The number of aryl methyl sites for hydroxylation is 1. The molecule has 1 heterocycles. The average Bonchev–Trinajstić information content (AvgIpc) is 2.63. The number of nitrogens with one attached hydrogen (secondary N) is 2. The molecule has 0 aliphatic rings. The SMILES string of the molecule is Cc1cc(Nc2ccc(NC(=O)c3cccc(N(C)C)c3)cc2)ncn1. The van der Waals surface area contributed by atoms with Crippen molar-refractivity contribution in [1.82, 2.24) is 9.97 Å². The summed E-state index contributed by atoms with van der Waals surface area (Å²) in [6.07, 6.45) is 1.52. The zero-order valence-electron chi connectivity index (χ0n) is 15.0. The fourth-order valence-corrected chi connectivity index (χ4v) is 2.44. The molecule has 0 bridgehead atoms. The number of hydrogen-bond acceptors (Lipinski definition) is 5. The van der Waals surface area contributed by atoms with Gasteiger partial charge in [0, 0.05) is 48.5 Å².